The molecule has 0 radical (unpaired) electrons. The summed E-state index contributed by atoms with van der Waals surface area (Å²) in [7, 11) is 0. The zero-order valence-electron chi connectivity index (χ0n) is 12.6. The molecule has 0 aromatic heterocycles. The highest BCUT2D eigenvalue weighted by atomic mass is 35.5. The largest absolute Gasteiger partial charge is 0.447 e. The maximum atomic E-state index is 11.5. The smallest absolute Gasteiger partial charge is 0.411 e. The third-order valence-corrected chi connectivity index (χ3v) is 2.97. The zero-order chi connectivity index (χ0) is 14.5. The lowest BCUT2D eigenvalue weighted by atomic mass is 10.1. The molecule has 0 fully saturated rings. The number of nitrogens with zero attached hydrogens (tertiary/aromatic N) is 1. The lowest BCUT2D eigenvalue weighted by Gasteiger charge is -2.13. The number of aliphatic imine (C=N–C) groups is 1. The van der Waals surface area contributed by atoms with Gasteiger partial charge < -0.3 is 10.1 Å². The van der Waals surface area contributed by atoms with E-state index < -0.39 is 6.09 Å². The Labute approximate surface area is 131 Å². The monoisotopic (exact) mass is 311 g/mol. The highest BCUT2D eigenvalue weighted by molar-refractivity contribution is 5.97. The molecule has 6 heteroatoms. The van der Waals surface area contributed by atoms with Crippen molar-refractivity contribution in [3.8, 4) is 0 Å². The summed E-state index contributed by atoms with van der Waals surface area (Å²) in [5.74, 6) is 1.04. The number of amidine groups is 1. The van der Waals surface area contributed by atoms with E-state index in [9.17, 15) is 4.79 Å². The van der Waals surface area contributed by atoms with Crippen molar-refractivity contribution in [1.29, 1.82) is 0 Å². The maximum absolute atomic E-state index is 11.5. The Morgan fingerprint density at radius 2 is 2.14 bits per heavy atom. The number of rotatable bonds is 3. The van der Waals surface area contributed by atoms with Crippen LogP contribution >= 0.6 is 12.4 Å². The first-order valence-electron chi connectivity index (χ1n) is 6.93. The van der Waals surface area contributed by atoms with Gasteiger partial charge in [0.05, 0.1) is 6.10 Å². The highest BCUT2D eigenvalue weighted by Crippen LogP contribution is 2.21. The number of hydrogen-bond donors (Lipinski definition) is 2. The molecule has 116 valence electrons. The number of halogens is 1. The van der Waals surface area contributed by atoms with Gasteiger partial charge in [-0.05, 0) is 51.0 Å². The van der Waals surface area contributed by atoms with E-state index in [4.69, 9.17) is 4.74 Å². The first kappa shape index (κ1) is 17.3. The van der Waals surface area contributed by atoms with Crippen LogP contribution in [0, 0.1) is 6.92 Å². The fourth-order valence-electron chi connectivity index (χ4n) is 2.04. The van der Waals surface area contributed by atoms with Gasteiger partial charge in [0.25, 0.3) is 0 Å². The van der Waals surface area contributed by atoms with Gasteiger partial charge in [0, 0.05) is 24.3 Å². The summed E-state index contributed by atoms with van der Waals surface area (Å²) in [6, 6.07) is 5.72. The Hall–Kier alpha value is -1.75. The van der Waals surface area contributed by atoms with Crippen molar-refractivity contribution in [3.05, 3.63) is 23.8 Å². The Morgan fingerprint density at radius 3 is 2.71 bits per heavy atom. The predicted octanol–water partition coefficient (Wildman–Crippen LogP) is 3.98. The first-order chi connectivity index (χ1) is 9.54. The number of benzene rings is 1. The summed E-state index contributed by atoms with van der Waals surface area (Å²) >= 11 is 0. The van der Waals surface area contributed by atoms with Crippen molar-refractivity contribution < 1.29 is 9.53 Å². The fraction of sp³-hybridized carbons (Fsp3) is 0.467. The number of hydrogen-bond acceptors (Lipinski definition) is 4. The van der Waals surface area contributed by atoms with Crippen LogP contribution in [0.2, 0.25) is 0 Å². The predicted molar refractivity (Wildman–Crippen MR) is 88.8 cm³/mol. The highest BCUT2D eigenvalue weighted by Gasteiger charge is 2.09. The molecule has 2 rings (SSSR count). The summed E-state index contributed by atoms with van der Waals surface area (Å²) in [5, 5.41) is 6.04. The van der Waals surface area contributed by atoms with Crippen LogP contribution in [0.1, 0.15) is 32.3 Å². The molecule has 1 aromatic rings. The maximum Gasteiger partial charge on any atom is 0.411 e. The first-order valence-corrected chi connectivity index (χ1v) is 6.93. The quantitative estimate of drug-likeness (QED) is 0.887. The Bertz CT molecular complexity index is 530. The van der Waals surface area contributed by atoms with Crippen LogP contribution < -0.4 is 10.6 Å². The molecule has 0 spiro atoms. The number of carbonyl (C=O) groups is 1. The molecule has 1 heterocycles. The van der Waals surface area contributed by atoms with E-state index in [-0.39, 0.29) is 18.5 Å². The molecule has 5 nitrogen and oxygen atoms in total. The topological polar surface area (TPSA) is 62.7 Å². The summed E-state index contributed by atoms with van der Waals surface area (Å²) in [5.41, 5.74) is 2.81. The van der Waals surface area contributed by atoms with Crippen LogP contribution in [0.25, 0.3) is 0 Å². The van der Waals surface area contributed by atoms with Crippen LogP contribution in [0.4, 0.5) is 16.2 Å². The normalized spacial score (nSPS) is 13.4. The van der Waals surface area contributed by atoms with E-state index in [0.717, 1.165) is 42.2 Å². The zero-order valence-corrected chi connectivity index (χ0v) is 13.4. The number of anilines is 2. The third kappa shape index (κ3) is 5.27. The van der Waals surface area contributed by atoms with Gasteiger partial charge >= 0.3 is 6.09 Å². The molecule has 2 N–H and O–H groups in total. The van der Waals surface area contributed by atoms with Crippen molar-refractivity contribution in [2.75, 3.05) is 17.2 Å². The average Bonchev–Trinajstić information content (AvgIpc) is 2.84. The second-order valence-corrected chi connectivity index (χ2v) is 5.17. The van der Waals surface area contributed by atoms with Crippen LogP contribution in [0.3, 0.4) is 0 Å². The number of aryl methyl sites for hydroxylation is 1. The molecule has 1 aliphatic rings. The van der Waals surface area contributed by atoms with Crippen molar-refractivity contribution in [2.24, 2.45) is 4.99 Å². The molecular weight excluding hydrogens is 290 g/mol. The number of ether oxygens (including phenoxy) is 1. The van der Waals surface area contributed by atoms with Gasteiger partial charge in [0.1, 0.15) is 5.84 Å². The lowest BCUT2D eigenvalue weighted by Crippen LogP contribution is -2.18. The van der Waals surface area contributed by atoms with Gasteiger partial charge in [-0.1, -0.05) is 0 Å². The molecule has 0 aliphatic carbocycles. The molecule has 0 atom stereocenters. The SMILES string of the molecule is Cc1cc(NC(=O)OC(C)C)ccc1NC1=NCCC1.Cl. The van der Waals surface area contributed by atoms with E-state index in [1.807, 2.05) is 39.0 Å². The third-order valence-electron chi connectivity index (χ3n) is 2.97. The molecule has 0 unspecified atom stereocenters. The van der Waals surface area contributed by atoms with Crippen molar-refractivity contribution >= 4 is 35.7 Å². The van der Waals surface area contributed by atoms with E-state index >= 15 is 0 Å². The Balaban J connectivity index is 0.00000220. The minimum absolute atomic E-state index is 0. The lowest BCUT2D eigenvalue weighted by molar-refractivity contribution is 0.130. The number of carbonyl (C=O) groups excluding carboxylic acids is 1. The standard InChI is InChI=1S/C15H21N3O2.ClH/c1-10(2)20-15(19)17-12-6-7-13(11(3)9-12)18-14-5-4-8-16-14;/h6-7,9-10H,4-5,8H2,1-3H3,(H,16,18)(H,17,19);1H. The van der Waals surface area contributed by atoms with Gasteiger partial charge in [-0.15, -0.1) is 12.4 Å². The minimum Gasteiger partial charge on any atom is -0.447 e. The van der Waals surface area contributed by atoms with Crippen LogP contribution in [0.5, 0.6) is 0 Å². The summed E-state index contributed by atoms with van der Waals surface area (Å²) in [6.45, 7) is 6.54. The van der Waals surface area contributed by atoms with Gasteiger partial charge in [-0.3, -0.25) is 10.3 Å². The summed E-state index contributed by atoms with van der Waals surface area (Å²) < 4.78 is 5.05. The molecule has 1 aliphatic heterocycles. The molecule has 0 bridgehead atoms. The van der Waals surface area contributed by atoms with E-state index in [1.165, 1.54) is 0 Å². The Kier molecular flexibility index (Phi) is 6.49. The average molecular weight is 312 g/mol. The minimum atomic E-state index is -0.430. The second-order valence-electron chi connectivity index (χ2n) is 5.17. The fourth-order valence-corrected chi connectivity index (χ4v) is 2.04. The van der Waals surface area contributed by atoms with Crippen LogP contribution in [-0.4, -0.2) is 24.6 Å². The van der Waals surface area contributed by atoms with Gasteiger partial charge in [-0.2, -0.15) is 0 Å². The van der Waals surface area contributed by atoms with Crippen molar-refractivity contribution in [3.63, 3.8) is 0 Å². The van der Waals surface area contributed by atoms with E-state index in [2.05, 4.69) is 15.6 Å². The molecule has 0 saturated carbocycles. The van der Waals surface area contributed by atoms with Crippen molar-refractivity contribution in [2.45, 2.75) is 39.7 Å². The molecule has 1 amide bonds. The van der Waals surface area contributed by atoms with E-state index in [0.29, 0.717) is 0 Å². The molecule has 1 aromatic carbocycles. The number of amides is 1. The summed E-state index contributed by atoms with van der Waals surface area (Å²) in [6.07, 6.45) is 1.56. The molecular formula is C15H22ClN3O2. The van der Waals surface area contributed by atoms with Gasteiger partial charge in [0.2, 0.25) is 0 Å². The van der Waals surface area contributed by atoms with E-state index in [1.54, 1.807) is 0 Å². The Morgan fingerprint density at radius 1 is 1.38 bits per heavy atom. The second kappa shape index (κ2) is 7.88. The summed E-state index contributed by atoms with van der Waals surface area (Å²) in [4.78, 5) is 15.9. The molecule has 21 heavy (non-hydrogen) atoms. The number of nitrogens with one attached hydrogen (secondary N) is 2. The molecule has 0 saturated heterocycles. The van der Waals surface area contributed by atoms with Crippen LogP contribution in [-0.2, 0) is 4.74 Å². The van der Waals surface area contributed by atoms with Crippen molar-refractivity contribution in [1.82, 2.24) is 0 Å². The van der Waals surface area contributed by atoms with Gasteiger partial charge in [0.15, 0.2) is 0 Å². The van der Waals surface area contributed by atoms with Gasteiger partial charge in [-0.25, -0.2) is 4.79 Å². The van der Waals surface area contributed by atoms with Crippen LogP contribution in [0.15, 0.2) is 23.2 Å².